The summed E-state index contributed by atoms with van der Waals surface area (Å²) in [6.45, 7) is 3.25. The Bertz CT molecular complexity index is 725. The molecule has 5 nitrogen and oxygen atoms in total. The van der Waals surface area contributed by atoms with Crippen LogP contribution < -0.4 is 5.32 Å². The van der Waals surface area contributed by atoms with Gasteiger partial charge in [-0.15, -0.1) is 0 Å². The highest BCUT2D eigenvalue weighted by atomic mass is 16.2. The van der Waals surface area contributed by atoms with Crippen molar-refractivity contribution >= 4 is 11.8 Å². The highest BCUT2D eigenvalue weighted by Gasteiger charge is 2.24. The van der Waals surface area contributed by atoms with Crippen LogP contribution >= 0.6 is 0 Å². The number of amides is 2. The Labute approximate surface area is 154 Å². The van der Waals surface area contributed by atoms with Gasteiger partial charge in [0.2, 0.25) is 5.91 Å². The Kier molecular flexibility index (Phi) is 6.02. The van der Waals surface area contributed by atoms with Gasteiger partial charge in [-0.2, -0.15) is 0 Å². The third-order valence-electron chi connectivity index (χ3n) is 4.78. The Balaban J connectivity index is 1.72. The second-order valence-corrected chi connectivity index (χ2v) is 6.69. The summed E-state index contributed by atoms with van der Waals surface area (Å²) in [5, 5.41) is 3.03. The number of hydrogen-bond acceptors (Lipinski definition) is 3. The third kappa shape index (κ3) is 4.70. The van der Waals surface area contributed by atoms with Crippen LogP contribution in [0.2, 0.25) is 0 Å². The second-order valence-electron chi connectivity index (χ2n) is 6.69. The quantitative estimate of drug-likeness (QED) is 0.899. The van der Waals surface area contributed by atoms with E-state index in [1.165, 1.54) is 0 Å². The van der Waals surface area contributed by atoms with Crippen LogP contribution in [0.1, 0.15) is 28.4 Å². The van der Waals surface area contributed by atoms with E-state index < -0.39 is 0 Å². The van der Waals surface area contributed by atoms with Gasteiger partial charge in [-0.05, 0) is 24.7 Å². The third-order valence-corrected chi connectivity index (χ3v) is 4.78. The van der Waals surface area contributed by atoms with Crippen LogP contribution in [0, 0.1) is 0 Å². The predicted molar refractivity (Wildman–Crippen MR) is 102 cm³/mol. The van der Waals surface area contributed by atoms with E-state index in [0.29, 0.717) is 5.56 Å². The minimum atomic E-state index is -0.337. The molecule has 136 valence electrons. The molecule has 2 amide bonds. The summed E-state index contributed by atoms with van der Waals surface area (Å²) < 4.78 is 0. The number of carbonyl (C=O) groups is 2. The van der Waals surface area contributed by atoms with E-state index in [9.17, 15) is 9.59 Å². The first-order valence-corrected chi connectivity index (χ1v) is 9.00. The lowest BCUT2D eigenvalue weighted by molar-refractivity contribution is -0.133. The number of nitrogens with zero attached hydrogens (tertiary/aromatic N) is 2. The van der Waals surface area contributed by atoms with Gasteiger partial charge in [0.25, 0.3) is 5.91 Å². The van der Waals surface area contributed by atoms with E-state index in [1.54, 1.807) is 12.1 Å². The minimum absolute atomic E-state index is 0.0836. The van der Waals surface area contributed by atoms with Gasteiger partial charge in [0, 0.05) is 31.7 Å². The molecule has 0 aliphatic carbocycles. The van der Waals surface area contributed by atoms with E-state index in [-0.39, 0.29) is 24.3 Å². The molecule has 1 atom stereocenters. The standard InChI is InChI=1S/C21H25N3O2/c1-23-12-14-24(15-13-23)20(25)16-19(17-8-4-2-5-9-17)22-21(26)18-10-6-3-7-11-18/h2-11,19H,12-16H2,1H3,(H,22,26)/t19-/m0/s1. The normalized spacial score (nSPS) is 16.1. The lowest BCUT2D eigenvalue weighted by Gasteiger charge is -2.33. The SMILES string of the molecule is CN1CCN(C(=O)C[C@H](NC(=O)c2ccccc2)c2ccccc2)CC1. The summed E-state index contributed by atoms with van der Waals surface area (Å²) in [4.78, 5) is 29.5. The van der Waals surface area contributed by atoms with Crippen LogP contribution in [0.25, 0.3) is 0 Å². The summed E-state index contributed by atoms with van der Waals surface area (Å²) in [6, 6.07) is 18.5. The second kappa shape index (κ2) is 8.63. The van der Waals surface area contributed by atoms with Crippen molar-refractivity contribution in [2.75, 3.05) is 33.2 Å². The number of likely N-dealkylation sites (N-methyl/N-ethyl adjacent to an activating group) is 1. The van der Waals surface area contributed by atoms with Crippen molar-refractivity contribution in [3.63, 3.8) is 0 Å². The molecule has 1 aliphatic heterocycles. The number of benzene rings is 2. The maximum absolute atomic E-state index is 12.8. The van der Waals surface area contributed by atoms with Crippen LogP contribution in [0.4, 0.5) is 0 Å². The molecule has 2 aromatic rings. The molecule has 0 spiro atoms. The minimum Gasteiger partial charge on any atom is -0.345 e. The van der Waals surface area contributed by atoms with Crippen LogP contribution in [0.5, 0.6) is 0 Å². The first kappa shape index (κ1) is 18.1. The predicted octanol–water partition coefficient (Wildman–Crippen LogP) is 2.32. The Hall–Kier alpha value is -2.66. The molecule has 0 saturated carbocycles. The van der Waals surface area contributed by atoms with Crippen molar-refractivity contribution in [2.24, 2.45) is 0 Å². The van der Waals surface area contributed by atoms with Crippen molar-refractivity contribution in [3.05, 3.63) is 71.8 Å². The van der Waals surface area contributed by atoms with Crippen molar-refractivity contribution in [1.82, 2.24) is 15.1 Å². The van der Waals surface area contributed by atoms with E-state index in [1.807, 2.05) is 53.4 Å². The molecule has 1 N–H and O–H groups in total. The zero-order valence-electron chi connectivity index (χ0n) is 15.1. The largest absolute Gasteiger partial charge is 0.345 e. The molecule has 1 saturated heterocycles. The molecule has 26 heavy (non-hydrogen) atoms. The molecular weight excluding hydrogens is 326 g/mol. The van der Waals surface area contributed by atoms with Crippen LogP contribution in [-0.4, -0.2) is 54.8 Å². The molecule has 2 aromatic carbocycles. The Morgan fingerprint density at radius 3 is 2.12 bits per heavy atom. The van der Waals surface area contributed by atoms with Crippen LogP contribution in [0.3, 0.4) is 0 Å². The lowest BCUT2D eigenvalue weighted by Crippen LogP contribution is -2.48. The summed E-state index contributed by atoms with van der Waals surface area (Å²) in [5.41, 5.74) is 1.54. The first-order chi connectivity index (χ1) is 12.6. The van der Waals surface area contributed by atoms with E-state index in [4.69, 9.17) is 0 Å². The maximum Gasteiger partial charge on any atom is 0.251 e. The van der Waals surface area contributed by atoms with Gasteiger partial charge in [-0.1, -0.05) is 48.5 Å². The van der Waals surface area contributed by atoms with Crippen molar-refractivity contribution in [2.45, 2.75) is 12.5 Å². The molecule has 0 unspecified atom stereocenters. The molecule has 0 radical (unpaired) electrons. The average molecular weight is 351 g/mol. The van der Waals surface area contributed by atoms with Gasteiger partial charge < -0.3 is 15.1 Å². The maximum atomic E-state index is 12.8. The van der Waals surface area contributed by atoms with Gasteiger partial charge in [0.15, 0.2) is 0 Å². The summed E-state index contributed by atoms with van der Waals surface area (Å²) >= 11 is 0. The molecular formula is C21H25N3O2. The number of hydrogen-bond donors (Lipinski definition) is 1. The Morgan fingerprint density at radius 1 is 0.923 bits per heavy atom. The smallest absolute Gasteiger partial charge is 0.251 e. The van der Waals surface area contributed by atoms with Crippen LogP contribution in [-0.2, 0) is 4.79 Å². The molecule has 3 rings (SSSR count). The van der Waals surface area contributed by atoms with Gasteiger partial charge in [0.1, 0.15) is 0 Å². The fraction of sp³-hybridized carbons (Fsp3) is 0.333. The summed E-state index contributed by atoms with van der Waals surface area (Å²) in [7, 11) is 2.06. The molecule has 1 heterocycles. The van der Waals surface area contributed by atoms with Crippen molar-refractivity contribution in [3.8, 4) is 0 Å². The molecule has 1 aliphatic rings. The Morgan fingerprint density at radius 2 is 1.50 bits per heavy atom. The zero-order valence-corrected chi connectivity index (χ0v) is 15.1. The molecule has 0 bridgehead atoms. The number of piperazine rings is 1. The monoisotopic (exact) mass is 351 g/mol. The van der Waals surface area contributed by atoms with Gasteiger partial charge >= 0.3 is 0 Å². The average Bonchev–Trinajstić information content (AvgIpc) is 2.69. The van der Waals surface area contributed by atoms with Crippen LogP contribution in [0.15, 0.2) is 60.7 Å². The fourth-order valence-electron chi connectivity index (χ4n) is 3.13. The van der Waals surface area contributed by atoms with Gasteiger partial charge in [-0.3, -0.25) is 9.59 Å². The molecule has 0 aromatic heterocycles. The summed E-state index contributed by atoms with van der Waals surface area (Å²) in [6.07, 6.45) is 0.270. The van der Waals surface area contributed by atoms with Crippen molar-refractivity contribution < 1.29 is 9.59 Å². The van der Waals surface area contributed by atoms with Crippen molar-refractivity contribution in [1.29, 1.82) is 0 Å². The fourth-order valence-corrected chi connectivity index (χ4v) is 3.13. The number of nitrogens with one attached hydrogen (secondary N) is 1. The lowest BCUT2D eigenvalue weighted by atomic mass is 10.0. The number of rotatable bonds is 5. The van der Waals surface area contributed by atoms with E-state index >= 15 is 0 Å². The van der Waals surface area contributed by atoms with E-state index in [0.717, 1.165) is 31.7 Å². The van der Waals surface area contributed by atoms with E-state index in [2.05, 4.69) is 17.3 Å². The highest BCUT2D eigenvalue weighted by molar-refractivity contribution is 5.94. The highest BCUT2D eigenvalue weighted by Crippen LogP contribution is 2.19. The molecule has 5 heteroatoms. The summed E-state index contributed by atoms with van der Waals surface area (Å²) in [5.74, 6) is -0.0778. The zero-order chi connectivity index (χ0) is 18.4. The van der Waals surface area contributed by atoms with Gasteiger partial charge in [0.05, 0.1) is 12.5 Å². The topological polar surface area (TPSA) is 52.6 Å². The number of carbonyl (C=O) groups excluding carboxylic acids is 2. The molecule has 1 fully saturated rings. The van der Waals surface area contributed by atoms with Gasteiger partial charge in [-0.25, -0.2) is 0 Å². The first-order valence-electron chi connectivity index (χ1n) is 9.00.